The van der Waals surface area contributed by atoms with E-state index >= 15 is 0 Å². The lowest BCUT2D eigenvalue weighted by Crippen LogP contribution is -2.29. The summed E-state index contributed by atoms with van der Waals surface area (Å²) >= 11 is 0. The minimum absolute atomic E-state index is 0.200. The molecular weight excluding hydrogens is 351 g/mol. The first-order chi connectivity index (χ1) is 13.0. The van der Waals surface area contributed by atoms with Crippen LogP contribution in [0.4, 0.5) is 15.9 Å². The average molecular weight is 376 g/mol. The predicted molar refractivity (Wildman–Crippen MR) is 102 cm³/mol. The SMILES string of the molecule is CN(C)CCNc1ccc(-c2ccc(N3C[C@H](CO)OC3O)cc2F)cn1. The largest absolute Gasteiger partial charge is 0.394 e. The van der Waals surface area contributed by atoms with Gasteiger partial charge in [-0.05, 0) is 44.4 Å². The molecule has 0 spiro atoms. The van der Waals surface area contributed by atoms with Gasteiger partial charge in [-0.2, -0.15) is 0 Å². The maximum Gasteiger partial charge on any atom is 0.238 e. The van der Waals surface area contributed by atoms with Crippen molar-refractivity contribution in [3.63, 3.8) is 0 Å². The molecule has 0 amide bonds. The summed E-state index contributed by atoms with van der Waals surface area (Å²) in [5.74, 6) is 0.326. The van der Waals surface area contributed by atoms with Crippen molar-refractivity contribution < 1.29 is 19.3 Å². The third-order valence-corrected chi connectivity index (χ3v) is 4.41. The second-order valence-corrected chi connectivity index (χ2v) is 6.75. The molecule has 1 aromatic carbocycles. The first kappa shape index (κ1) is 19.5. The van der Waals surface area contributed by atoms with Gasteiger partial charge in [-0.1, -0.05) is 0 Å². The molecule has 0 saturated carbocycles. The fraction of sp³-hybridized carbons (Fsp3) is 0.421. The van der Waals surface area contributed by atoms with Gasteiger partial charge in [-0.15, -0.1) is 0 Å². The normalized spacial score (nSPS) is 19.7. The Morgan fingerprint density at radius 1 is 1.33 bits per heavy atom. The Kier molecular flexibility index (Phi) is 6.22. The number of nitrogens with zero attached hydrogens (tertiary/aromatic N) is 3. The second kappa shape index (κ2) is 8.62. The maximum absolute atomic E-state index is 14.6. The molecule has 0 bridgehead atoms. The van der Waals surface area contributed by atoms with Crippen molar-refractivity contribution in [2.75, 3.05) is 50.6 Å². The number of pyridine rings is 1. The number of hydrogen-bond acceptors (Lipinski definition) is 7. The van der Waals surface area contributed by atoms with Crippen molar-refractivity contribution in [2.45, 2.75) is 12.5 Å². The Labute approximate surface area is 158 Å². The lowest BCUT2D eigenvalue weighted by atomic mass is 10.1. The van der Waals surface area contributed by atoms with Crippen molar-refractivity contribution >= 4 is 11.5 Å². The summed E-state index contributed by atoms with van der Waals surface area (Å²) in [5.41, 5.74) is 1.60. The summed E-state index contributed by atoms with van der Waals surface area (Å²) in [6, 6.07) is 8.36. The van der Waals surface area contributed by atoms with Crippen LogP contribution in [0, 0.1) is 5.82 Å². The molecule has 1 aromatic heterocycles. The Hall–Kier alpha value is -2.26. The van der Waals surface area contributed by atoms with Crippen molar-refractivity contribution in [1.29, 1.82) is 0 Å². The van der Waals surface area contributed by atoms with E-state index in [0.29, 0.717) is 23.4 Å². The van der Waals surface area contributed by atoms with Crippen molar-refractivity contribution in [2.24, 2.45) is 0 Å². The van der Waals surface area contributed by atoms with Gasteiger partial charge < -0.3 is 30.1 Å². The van der Waals surface area contributed by atoms with Gasteiger partial charge in [0.2, 0.25) is 6.41 Å². The predicted octanol–water partition coefficient (Wildman–Crippen LogP) is 1.33. The number of aliphatic hydroxyl groups is 2. The average Bonchev–Trinajstić information content (AvgIpc) is 3.03. The van der Waals surface area contributed by atoms with Crippen LogP contribution in [0.15, 0.2) is 36.5 Å². The molecule has 3 rings (SSSR count). The molecule has 27 heavy (non-hydrogen) atoms. The Morgan fingerprint density at radius 2 is 2.15 bits per heavy atom. The molecule has 1 aliphatic rings. The Bertz CT molecular complexity index is 757. The van der Waals surface area contributed by atoms with Crippen molar-refractivity contribution in [3.05, 3.63) is 42.3 Å². The van der Waals surface area contributed by atoms with Crippen LogP contribution in [0.3, 0.4) is 0 Å². The highest BCUT2D eigenvalue weighted by Crippen LogP contribution is 2.29. The highest BCUT2D eigenvalue weighted by Gasteiger charge is 2.31. The van der Waals surface area contributed by atoms with Gasteiger partial charge in [0.05, 0.1) is 13.2 Å². The summed E-state index contributed by atoms with van der Waals surface area (Å²) in [6.07, 6.45) is -0.0489. The zero-order chi connectivity index (χ0) is 19.4. The van der Waals surface area contributed by atoms with E-state index in [2.05, 4.69) is 15.2 Å². The lowest BCUT2D eigenvalue weighted by Gasteiger charge is -2.21. The molecule has 3 N–H and O–H groups in total. The number of hydrogen-bond donors (Lipinski definition) is 3. The van der Waals surface area contributed by atoms with E-state index in [1.165, 1.54) is 11.0 Å². The molecule has 1 fully saturated rings. The van der Waals surface area contributed by atoms with E-state index < -0.39 is 18.3 Å². The minimum Gasteiger partial charge on any atom is -0.394 e. The molecule has 2 aromatic rings. The van der Waals surface area contributed by atoms with E-state index in [4.69, 9.17) is 9.84 Å². The molecule has 0 radical (unpaired) electrons. The van der Waals surface area contributed by atoms with Crippen molar-refractivity contribution in [3.8, 4) is 11.1 Å². The number of nitrogens with one attached hydrogen (secondary N) is 1. The highest BCUT2D eigenvalue weighted by molar-refractivity contribution is 5.67. The van der Waals surface area contributed by atoms with Gasteiger partial charge in [-0.3, -0.25) is 0 Å². The van der Waals surface area contributed by atoms with E-state index in [1.807, 2.05) is 26.2 Å². The zero-order valence-corrected chi connectivity index (χ0v) is 15.5. The number of benzene rings is 1. The van der Waals surface area contributed by atoms with Crippen LogP contribution in [-0.2, 0) is 4.74 Å². The third-order valence-electron chi connectivity index (χ3n) is 4.41. The molecule has 1 unspecified atom stereocenters. The minimum atomic E-state index is -1.19. The van der Waals surface area contributed by atoms with E-state index in [-0.39, 0.29) is 6.61 Å². The Balaban J connectivity index is 1.70. The molecule has 1 aliphatic heterocycles. The van der Waals surface area contributed by atoms with Crippen LogP contribution in [0.5, 0.6) is 0 Å². The van der Waals surface area contributed by atoms with Crippen LogP contribution in [-0.4, -0.2) is 73.0 Å². The van der Waals surface area contributed by atoms with Gasteiger partial charge in [0, 0.05) is 36.1 Å². The number of likely N-dealkylation sites (N-methyl/N-ethyl adjacent to an activating group) is 1. The van der Waals surface area contributed by atoms with E-state index in [0.717, 1.165) is 18.9 Å². The molecule has 1 saturated heterocycles. The molecule has 7 nitrogen and oxygen atoms in total. The van der Waals surface area contributed by atoms with Gasteiger partial charge in [0.25, 0.3) is 0 Å². The lowest BCUT2D eigenvalue weighted by molar-refractivity contribution is -0.0989. The zero-order valence-electron chi connectivity index (χ0n) is 15.5. The van der Waals surface area contributed by atoms with Crippen LogP contribution in [0.1, 0.15) is 0 Å². The molecule has 0 aliphatic carbocycles. The summed E-state index contributed by atoms with van der Waals surface area (Å²) in [7, 11) is 4.00. The van der Waals surface area contributed by atoms with Crippen LogP contribution in [0.25, 0.3) is 11.1 Å². The van der Waals surface area contributed by atoms with Crippen LogP contribution in [0.2, 0.25) is 0 Å². The first-order valence-corrected chi connectivity index (χ1v) is 8.83. The van der Waals surface area contributed by atoms with Crippen molar-refractivity contribution in [1.82, 2.24) is 9.88 Å². The third kappa shape index (κ3) is 4.72. The number of ether oxygens (including phenoxy) is 1. The second-order valence-electron chi connectivity index (χ2n) is 6.75. The molecule has 2 atom stereocenters. The number of anilines is 2. The van der Waals surface area contributed by atoms with E-state index in [9.17, 15) is 9.50 Å². The van der Waals surface area contributed by atoms with Gasteiger partial charge in [0.15, 0.2) is 0 Å². The number of halogens is 1. The van der Waals surface area contributed by atoms with Gasteiger partial charge in [0.1, 0.15) is 17.7 Å². The number of aromatic nitrogens is 1. The molecular formula is C19H25FN4O3. The fourth-order valence-electron chi connectivity index (χ4n) is 2.91. The molecule has 146 valence electrons. The topological polar surface area (TPSA) is 81.1 Å². The van der Waals surface area contributed by atoms with Gasteiger partial charge in [-0.25, -0.2) is 9.37 Å². The standard InChI is InChI=1S/C19H25FN4O3/c1-23(2)8-7-21-18-6-3-13(10-22-18)16-5-4-14(9-17(16)20)24-11-15(12-25)27-19(24)26/h3-6,9-10,15,19,25-26H,7-8,11-12H2,1-2H3,(H,21,22)/t15-,19?/m1/s1. The monoisotopic (exact) mass is 376 g/mol. The summed E-state index contributed by atoms with van der Waals surface area (Å²) < 4.78 is 19.8. The quantitative estimate of drug-likeness (QED) is 0.673. The smallest absolute Gasteiger partial charge is 0.238 e. The van der Waals surface area contributed by atoms with Crippen LogP contribution < -0.4 is 10.2 Å². The number of aliphatic hydroxyl groups excluding tert-OH is 2. The summed E-state index contributed by atoms with van der Waals surface area (Å²) in [6.45, 7) is 1.76. The van der Waals surface area contributed by atoms with Gasteiger partial charge >= 0.3 is 0 Å². The number of rotatable bonds is 7. The molecule has 2 heterocycles. The van der Waals surface area contributed by atoms with E-state index in [1.54, 1.807) is 18.3 Å². The van der Waals surface area contributed by atoms with Crippen LogP contribution >= 0.6 is 0 Å². The fourth-order valence-corrected chi connectivity index (χ4v) is 2.91. The highest BCUT2D eigenvalue weighted by atomic mass is 19.1. The summed E-state index contributed by atoms with van der Waals surface area (Å²) in [4.78, 5) is 7.91. The first-order valence-electron chi connectivity index (χ1n) is 8.83. The Morgan fingerprint density at radius 3 is 2.74 bits per heavy atom. The summed E-state index contributed by atoms with van der Waals surface area (Å²) in [5, 5.41) is 22.3. The maximum atomic E-state index is 14.6. The molecule has 8 heteroatoms.